The quantitative estimate of drug-likeness (QED) is 0.809. The largest absolute Gasteiger partial charge is 0.359 e. The Bertz CT molecular complexity index is 556. The van der Waals surface area contributed by atoms with Crippen LogP contribution in [0.3, 0.4) is 0 Å². The maximum Gasteiger partial charge on any atom is 0.168 e. The highest BCUT2D eigenvalue weighted by molar-refractivity contribution is 6.35. The summed E-state index contributed by atoms with van der Waals surface area (Å²) in [7, 11) is 0. The first-order valence-corrected chi connectivity index (χ1v) is 6.20. The van der Waals surface area contributed by atoms with Gasteiger partial charge in [-0.3, -0.25) is 4.79 Å². The molecule has 3 heteroatoms. The number of hydrogen-bond acceptors (Lipinski definition) is 1. The molecular formula is C14H16ClNO. The van der Waals surface area contributed by atoms with Crippen LogP contribution in [-0.2, 0) is 0 Å². The average molecular weight is 250 g/mol. The molecule has 0 aliphatic carbocycles. The molecular weight excluding hydrogens is 234 g/mol. The molecule has 1 atom stereocenters. The van der Waals surface area contributed by atoms with Crippen LogP contribution >= 0.6 is 11.6 Å². The molecule has 0 bridgehead atoms. The number of aromatic nitrogens is 1. The number of hydrogen-bond donors (Lipinski definition) is 1. The maximum absolute atomic E-state index is 12.3. The van der Waals surface area contributed by atoms with Crippen molar-refractivity contribution in [3.8, 4) is 0 Å². The standard InChI is InChI=1S/C14H16ClNO/c1-8(2)9(3)14(17)11-7-16-13-10(11)5-4-6-12(13)15/h4-9,16H,1-3H3. The molecule has 0 radical (unpaired) electrons. The second-order valence-corrected chi connectivity index (χ2v) is 5.17. The molecule has 90 valence electrons. The smallest absolute Gasteiger partial charge is 0.168 e. The number of nitrogens with one attached hydrogen (secondary N) is 1. The number of carbonyl (C=O) groups excluding carboxylic acids is 1. The number of aromatic amines is 1. The maximum atomic E-state index is 12.3. The van der Waals surface area contributed by atoms with Gasteiger partial charge < -0.3 is 4.98 Å². The zero-order chi connectivity index (χ0) is 12.6. The van der Waals surface area contributed by atoms with Crippen LogP contribution in [0.1, 0.15) is 31.1 Å². The van der Waals surface area contributed by atoms with Gasteiger partial charge in [0.05, 0.1) is 10.5 Å². The van der Waals surface area contributed by atoms with E-state index >= 15 is 0 Å². The third-order valence-electron chi connectivity index (χ3n) is 3.34. The molecule has 0 aliphatic rings. The molecule has 0 aliphatic heterocycles. The Kier molecular flexibility index (Phi) is 3.25. The SMILES string of the molecule is CC(C)C(C)C(=O)c1c[nH]c2c(Cl)cccc12. The number of ketones is 1. The highest BCUT2D eigenvalue weighted by Gasteiger charge is 2.21. The monoisotopic (exact) mass is 249 g/mol. The van der Waals surface area contributed by atoms with Gasteiger partial charge in [0.25, 0.3) is 0 Å². The number of para-hydroxylation sites is 1. The molecule has 1 heterocycles. The van der Waals surface area contributed by atoms with E-state index in [1.54, 1.807) is 6.20 Å². The molecule has 1 unspecified atom stereocenters. The predicted molar refractivity (Wildman–Crippen MR) is 71.6 cm³/mol. The van der Waals surface area contributed by atoms with Gasteiger partial charge in [0, 0.05) is 23.1 Å². The lowest BCUT2D eigenvalue weighted by Crippen LogP contribution is -2.16. The van der Waals surface area contributed by atoms with Crippen molar-refractivity contribution in [3.05, 3.63) is 35.0 Å². The third-order valence-corrected chi connectivity index (χ3v) is 3.66. The molecule has 2 rings (SSSR count). The number of rotatable bonds is 3. The highest BCUT2D eigenvalue weighted by atomic mass is 35.5. The van der Waals surface area contributed by atoms with Gasteiger partial charge in [0.2, 0.25) is 0 Å². The summed E-state index contributed by atoms with van der Waals surface area (Å²) < 4.78 is 0. The Morgan fingerprint density at radius 1 is 1.29 bits per heavy atom. The van der Waals surface area contributed by atoms with Crippen LogP contribution in [0.15, 0.2) is 24.4 Å². The van der Waals surface area contributed by atoms with Crippen molar-refractivity contribution in [2.75, 3.05) is 0 Å². The molecule has 1 aromatic carbocycles. The topological polar surface area (TPSA) is 32.9 Å². The van der Waals surface area contributed by atoms with Crippen LogP contribution in [0.5, 0.6) is 0 Å². The molecule has 2 nitrogen and oxygen atoms in total. The van der Waals surface area contributed by atoms with Gasteiger partial charge in [-0.05, 0) is 12.0 Å². The summed E-state index contributed by atoms with van der Waals surface area (Å²) in [4.78, 5) is 15.4. The summed E-state index contributed by atoms with van der Waals surface area (Å²) >= 11 is 6.07. The molecule has 2 aromatic rings. The molecule has 1 aromatic heterocycles. The van der Waals surface area contributed by atoms with Crippen LogP contribution in [-0.4, -0.2) is 10.8 Å². The lowest BCUT2D eigenvalue weighted by molar-refractivity contribution is 0.0901. The van der Waals surface area contributed by atoms with E-state index in [1.807, 2.05) is 25.1 Å². The first-order valence-electron chi connectivity index (χ1n) is 5.82. The molecule has 0 fully saturated rings. The van der Waals surface area contributed by atoms with Crippen molar-refractivity contribution in [2.45, 2.75) is 20.8 Å². The number of H-pyrrole nitrogens is 1. The van der Waals surface area contributed by atoms with E-state index in [4.69, 9.17) is 11.6 Å². The molecule has 0 saturated carbocycles. The third kappa shape index (κ3) is 2.09. The fraction of sp³-hybridized carbons (Fsp3) is 0.357. The van der Waals surface area contributed by atoms with Crippen molar-refractivity contribution < 1.29 is 4.79 Å². The molecule has 0 amide bonds. The van der Waals surface area contributed by atoms with Crippen LogP contribution < -0.4 is 0 Å². The minimum Gasteiger partial charge on any atom is -0.359 e. The van der Waals surface area contributed by atoms with Crippen LogP contribution in [0, 0.1) is 11.8 Å². The van der Waals surface area contributed by atoms with Crippen molar-refractivity contribution >= 4 is 28.3 Å². The van der Waals surface area contributed by atoms with Crippen molar-refractivity contribution in [2.24, 2.45) is 11.8 Å². The molecule has 0 saturated heterocycles. The lowest BCUT2D eigenvalue weighted by Gasteiger charge is -2.13. The summed E-state index contributed by atoms with van der Waals surface area (Å²) in [5.74, 6) is 0.535. The van der Waals surface area contributed by atoms with E-state index in [0.29, 0.717) is 10.9 Å². The summed E-state index contributed by atoms with van der Waals surface area (Å²) in [6, 6.07) is 5.62. The second-order valence-electron chi connectivity index (χ2n) is 4.76. The van der Waals surface area contributed by atoms with E-state index < -0.39 is 0 Å². The fourth-order valence-electron chi connectivity index (χ4n) is 1.87. The Morgan fingerprint density at radius 2 is 2.00 bits per heavy atom. The highest BCUT2D eigenvalue weighted by Crippen LogP contribution is 2.28. The molecule has 0 spiro atoms. The van der Waals surface area contributed by atoms with E-state index in [2.05, 4.69) is 18.8 Å². The fourth-order valence-corrected chi connectivity index (χ4v) is 2.10. The number of carbonyl (C=O) groups is 1. The zero-order valence-corrected chi connectivity index (χ0v) is 11.0. The van der Waals surface area contributed by atoms with Crippen LogP contribution in [0.25, 0.3) is 10.9 Å². The van der Waals surface area contributed by atoms with Crippen LogP contribution in [0.2, 0.25) is 5.02 Å². The normalized spacial score (nSPS) is 13.2. The van der Waals surface area contributed by atoms with E-state index in [-0.39, 0.29) is 11.7 Å². The lowest BCUT2D eigenvalue weighted by atomic mass is 9.90. The first-order chi connectivity index (χ1) is 8.02. The van der Waals surface area contributed by atoms with Gasteiger partial charge in [-0.1, -0.05) is 44.5 Å². The zero-order valence-electron chi connectivity index (χ0n) is 10.3. The second kappa shape index (κ2) is 4.53. The predicted octanol–water partition coefficient (Wildman–Crippen LogP) is 4.30. The van der Waals surface area contributed by atoms with Crippen molar-refractivity contribution in [1.82, 2.24) is 4.98 Å². The Labute approximate surface area is 106 Å². The Morgan fingerprint density at radius 3 is 2.65 bits per heavy atom. The number of benzene rings is 1. The van der Waals surface area contributed by atoms with E-state index in [1.165, 1.54) is 0 Å². The van der Waals surface area contributed by atoms with Gasteiger partial charge in [-0.2, -0.15) is 0 Å². The summed E-state index contributed by atoms with van der Waals surface area (Å²) in [6.45, 7) is 6.09. The first kappa shape index (κ1) is 12.2. The van der Waals surface area contributed by atoms with Gasteiger partial charge in [0.1, 0.15) is 0 Å². The summed E-state index contributed by atoms with van der Waals surface area (Å²) in [6.07, 6.45) is 1.76. The van der Waals surface area contributed by atoms with Gasteiger partial charge in [-0.15, -0.1) is 0 Å². The minimum absolute atomic E-state index is 0.0213. The molecule has 1 N–H and O–H groups in total. The number of halogens is 1. The summed E-state index contributed by atoms with van der Waals surface area (Å²) in [5, 5.41) is 1.56. The Hall–Kier alpha value is -1.28. The van der Waals surface area contributed by atoms with E-state index in [9.17, 15) is 4.79 Å². The minimum atomic E-state index is 0.0213. The number of Topliss-reactive ketones (excluding diaryl/α,β-unsaturated/α-hetero) is 1. The summed E-state index contributed by atoms with van der Waals surface area (Å²) in [5.41, 5.74) is 1.58. The van der Waals surface area contributed by atoms with Gasteiger partial charge >= 0.3 is 0 Å². The molecule has 17 heavy (non-hydrogen) atoms. The van der Waals surface area contributed by atoms with Gasteiger partial charge in [-0.25, -0.2) is 0 Å². The van der Waals surface area contributed by atoms with Gasteiger partial charge in [0.15, 0.2) is 5.78 Å². The van der Waals surface area contributed by atoms with E-state index in [0.717, 1.165) is 16.5 Å². The Balaban J connectivity index is 2.50. The van der Waals surface area contributed by atoms with Crippen LogP contribution in [0.4, 0.5) is 0 Å². The number of fused-ring (bicyclic) bond motifs is 1. The average Bonchev–Trinajstić information content (AvgIpc) is 2.72. The van der Waals surface area contributed by atoms with Crippen molar-refractivity contribution in [3.63, 3.8) is 0 Å². The van der Waals surface area contributed by atoms with Crippen molar-refractivity contribution in [1.29, 1.82) is 0 Å².